The molecule has 0 atom stereocenters. The van der Waals surface area contributed by atoms with Gasteiger partial charge >= 0.3 is 0 Å². The first kappa shape index (κ1) is 16.9. The fraction of sp³-hybridized carbons (Fsp3) is 0.308. The van der Waals surface area contributed by atoms with Gasteiger partial charge in [-0.2, -0.15) is 0 Å². The van der Waals surface area contributed by atoms with Gasteiger partial charge in [0.1, 0.15) is 5.82 Å². The van der Waals surface area contributed by atoms with Crippen molar-refractivity contribution in [3.8, 4) is 0 Å². The molecule has 0 unspecified atom stereocenters. The summed E-state index contributed by atoms with van der Waals surface area (Å²) in [6.07, 6.45) is 1.75. The van der Waals surface area contributed by atoms with Crippen LogP contribution in [0, 0.1) is 12.7 Å². The Hall–Kier alpha value is -1.11. The molecule has 2 N–H and O–H groups in total. The Kier molecular flexibility index (Phi) is 8.36. The molecule has 0 spiro atoms. The molecule has 1 rings (SSSR count). The Morgan fingerprint density at radius 1 is 1.44 bits per heavy atom. The van der Waals surface area contributed by atoms with Gasteiger partial charge in [-0.1, -0.05) is 18.2 Å². The van der Waals surface area contributed by atoms with Crippen LogP contribution in [0.1, 0.15) is 11.1 Å². The van der Waals surface area contributed by atoms with Gasteiger partial charge in [-0.25, -0.2) is 4.39 Å². The van der Waals surface area contributed by atoms with Gasteiger partial charge in [0.15, 0.2) is 5.96 Å². The second-order valence-corrected chi connectivity index (χ2v) is 3.68. The second-order valence-electron chi connectivity index (χ2n) is 3.68. The monoisotopic (exact) mass is 363 g/mol. The number of halogens is 2. The van der Waals surface area contributed by atoms with Gasteiger partial charge in [-0.3, -0.25) is 4.99 Å². The van der Waals surface area contributed by atoms with Gasteiger partial charge in [-0.05, 0) is 24.1 Å². The topological polar surface area (TPSA) is 36.4 Å². The third kappa shape index (κ3) is 5.48. The van der Waals surface area contributed by atoms with Crippen LogP contribution in [0.2, 0.25) is 0 Å². The molecule has 0 fully saturated rings. The molecular weight excluding hydrogens is 344 g/mol. The van der Waals surface area contributed by atoms with Gasteiger partial charge in [0.2, 0.25) is 0 Å². The molecule has 0 saturated heterocycles. The molecule has 0 aromatic heterocycles. The average molecular weight is 363 g/mol. The van der Waals surface area contributed by atoms with E-state index in [0.29, 0.717) is 24.6 Å². The molecule has 18 heavy (non-hydrogen) atoms. The molecule has 0 aliphatic heterocycles. The van der Waals surface area contributed by atoms with E-state index in [-0.39, 0.29) is 29.8 Å². The lowest BCUT2D eigenvalue weighted by molar-refractivity contribution is 0.615. The third-order valence-corrected chi connectivity index (χ3v) is 2.33. The Balaban J connectivity index is 0.00000289. The van der Waals surface area contributed by atoms with Gasteiger partial charge in [-0.15, -0.1) is 30.6 Å². The first-order valence-electron chi connectivity index (χ1n) is 5.47. The van der Waals surface area contributed by atoms with Crippen molar-refractivity contribution in [1.82, 2.24) is 10.6 Å². The van der Waals surface area contributed by atoms with E-state index >= 15 is 0 Å². The molecule has 1 aromatic rings. The third-order valence-electron chi connectivity index (χ3n) is 2.33. The lowest BCUT2D eigenvalue weighted by Gasteiger charge is -2.10. The molecule has 3 nitrogen and oxygen atoms in total. The summed E-state index contributed by atoms with van der Waals surface area (Å²) in [4.78, 5) is 4.03. The SMILES string of the molecule is C=CCNC(=NC)NCc1ccc(C)c(F)c1.I. The number of hydrogen-bond acceptors (Lipinski definition) is 1. The van der Waals surface area contributed by atoms with E-state index in [1.54, 1.807) is 26.1 Å². The number of benzene rings is 1. The lowest BCUT2D eigenvalue weighted by atomic mass is 10.1. The van der Waals surface area contributed by atoms with E-state index in [2.05, 4.69) is 22.2 Å². The predicted molar refractivity (Wildman–Crippen MR) is 85.0 cm³/mol. The van der Waals surface area contributed by atoms with E-state index in [0.717, 1.165) is 5.56 Å². The summed E-state index contributed by atoms with van der Waals surface area (Å²) in [5.74, 6) is 0.490. The highest BCUT2D eigenvalue weighted by atomic mass is 127. The van der Waals surface area contributed by atoms with Crippen molar-refractivity contribution in [1.29, 1.82) is 0 Å². The Bertz CT molecular complexity index is 419. The lowest BCUT2D eigenvalue weighted by Crippen LogP contribution is -2.36. The molecule has 0 amide bonds. The average Bonchev–Trinajstić information content (AvgIpc) is 2.34. The van der Waals surface area contributed by atoms with Crippen LogP contribution in [-0.4, -0.2) is 19.6 Å². The molecule has 1 aromatic carbocycles. The number of nitrogens with zero attached hydrogens (tertiary/aromatic N) is 1. The van der Waals surface area contributed by atoms with Gasteiger partial charge in [0, 0.05) is 20.1 Å². The Morgan fingerprint density at radius 3 is 2.72 bits per heavy atom. The molecule has 0 aliphatic rings. The highest BCUT2D eigenvalue weighted by Crippen LogP contribution is 2.08. The van der Waals surface area contributed by atoms with Crippen molar-refractivity contribution < 1.29 is 4.39 Å². The second kappa shape index (κ2) is 8.91. The minimum absolute atomic E-state index is 0. The zero-order valence-electron chi connectivity index (χ0n) is 10.7. The minimum atomic E-state index is -0.182. The number of aliphatic imine (C=N–C) groups is 1. The maximum Gasteiger partial charge on any atom is 0.191 e. The number of aryl methyl sites for hydroxylation is 1. The minimum Gasteiger partial charge on any atom is -0.353 e. The van der Waals surface area contributed by atoms with Crippen molar-refractivity contribution in [2.24, 2.45) is 4.99 Å². The molecule has 0 heterocycles. The molecule has 5 heteroatoms. The quantitative estimate of drug-likeness (QED) is 0.374. The summed E-state index contributed by atoms with van der Waals surface area (Å²) in [6, 6.07) is 5.20. The molecule has 0 bridgehead atoms. The summed E-state index contributed by atoms with van der Waals surface area (Å²) >= 11 is 0. The van der Waals surface area contributed by atoms with E-state index in [1.165, 1.54) is 6.07 Å². The summed E-state index contributed by atoms with van der Waals surface area (Å²) < 4.78 is 13.3. The number of guanidine groups is 1. The first-order chi connectivity index (χ1) is 8.17. The highest BCUT2D eigenvalue weighted by molar-refractivity contribution is 14.0. The zero-order valence-corrected chi connectivity index (χ0v) is 13.0. The highest BCUT2D eigenvalue weighted by Gasteiger charge is 2.00. The molecule has 0 saturated carbocycles. The molecule has 0 radical (unpaired) electrons. The van der Waals surface area contributed by atoms with Gasteiger partial charge in [0.05, 0.1) is 0 Å². The van der Waals surface area contributed by atoms with E-state index in [9.17, 15) is 4.39 Å². The van der Waals surface area contributed by atoms with Crippen molar-refractivity contribution in [2.75, 3.05) is 13.6 Å². The zero-order chi connectivity index (χ0) is 12.7. The number of nitrogens with one attached hydrogen (secondary N) is 2. The number of hydrogen-bond donors (Lipinski definition) is 2. The van der Waals surface area contributed by atoms with Gasteiger partial charge < -0.3 is 10.6 Å². The van der Waals surface area contributed by atoms with Crippen LogP contribution in [0.15, 0.2) is 35.8 Å². The van der Waals surface area contributed by atoms with Crippen LogP contribution >= 0.6 is 24.0 Å². The van der Waals surface area contributed by atoms with Crippen molar-refractivity contribution >= 4 is 29.9 Å². The largest absolute Gasteiger partial charge is 0.353 e. The Morgan fingerprint density at radius 2 is 2.17 bits per heavy atom. The van der Waals surface area contributed by atoms with Crippen LogP contribution in [-0.2, 0) is 6.54 Å². The van der Waals surface area contributed by atoms with E-state index in [1.807, 2.05) is 6.07 Å². The van der Waals surface area contributed by atoms with Crippen molar-refractivity contribution in [3.05, 3.63) is 47.8 Å². The van der Waals surface area contributed by atoms with E-state index in [4.69, 9.17) is 0 Å². The fourth-order valence-corrected chi connectivity index (χ4v) is 1.32. The van der Waals surface area contributed by atoms with Crippen LogP contribution in [0.4, 0.5) is 4.39 Å². The van der Waals surface area contributed by atoms with Crippen LogP contribution < -0.4 is 10.6 Å². The van der Waals surface area contributed by atoms with Crippen LogP contribution in [0.25, 0.3) is 0 Å². The fourth-order valence-electron chi connectivity index (χ4n) is 1.32. The smallest absolute Gasteiger partial charge is 0.191 e. The summed E-state index contributed by atoms with van der Waals surface area (Å²) in [5.41, 5.74) is 1.54. The van der Waals surface area contributed by atoms with Gasteiger partial charge in [0.25, 0.3) is 0 Å². The number of rotatable bonds is 4. The summed E-state index contributed by atoms with van der Waals surface area (Å²) in [5, 5.41) is 6.13. The maximum atomic E-state index is 13.3. The standard InChI is InChI=1S/C13H18FN3.HI/c1-4-7-16-13(15-3)17-9-11-6-5-10(2)12(14)8-11;/h4-6,8H,1,7,9H2,2-3H3,(H2,15,16,17);1H. The Labute approximate surface area is 125 Å². The molecule has 0 aliphatic carbocycles. The molecular formula is C13H19FIN3. The summed E-state index contributed by atoms with van der Waals surface area (Å²) in [7, 11) is 1.69. The first-order valence-corrected chi connectivity index (χ1v) is 5.47. The van der Waals surface area contributed by atoms with E-state index < -0.39 is 0 Å². The molecule has 100 valence electrons. The summed E-state index contributed by atoms with van der Waals surface area (Å²) in [6.45, 7) is 6.54. The predicted octanol–water partition coefficient (Wildman–Crippen LogP) is 2.60. The van der Waals surface area contributed by atoms with Crippen LogP contribution in [0.3, 0.4) is 0 Å². The maximum absolute atomic E-state index is 13.3. The van der Waals surface area contributed by atoms with Crippen molar-refractivity contribution in [2.45, 2.75) is 13.5 Å². The van der Waals surface area contributed by atoms with Crippen LogP contribution in [0.5, 0.6) is 0 Å². The normalized spacial score (nSPS) is 10.5. The van der Waals surface area contributed by atoms with Crippen molar-refractivity contribution in [3.63, 3.8) is 0 Å².